The molecule has 0 atom stereocenters. The molecule has 0 aliphatic carbocycles. The van der Waals surface area contributed by atoms with Crippen LogP contribution in [-0.4, -0.2) is 32.7 Å². The summed E-state index contributed by atoms with van der Waals surface area (Å²) in [6.45, 7) is 6.34. The van der Waals surface area contributed by atoms with Crippen molar-refractivity contribution in [2.24, 2.45) is 5.92 Å². The first-order valence-electron chi connectivity index (χ1n) is 5.96. The maximum absolute atomic E-state index is 5.29. The molecule has 1 aromatic rings. The third kappa shape index (κ3) is 4.52. The SMILES string of the molecule is COc1nc(N(C)C)sc1CNCCC(C)C. The summed E-state index contributed by atoms with van der Waals surface area (Å²) < 4.78 is 5.29. The number of rotatable bonds is 7. The first-order valence-corrected chi connectivity index (χ1v) is 6.78. The van der Waals surface area contributed by atoms with Crippen LogP contribution in [0.1, 0.15) is 25.1 Å². The predicted octanol–water partition coefficient (Wildman–Crippen LogP) is 2.35. The van der Waals surface area contributed by atoms with Gasteiger partial charge in [-0.1, -0.05) is 25.2 Å². The lowest BCUT2D eigenvalue weighted by Gasteiger charge is -2.06. The third-order valence-corrected chi connectivity index (χ3v) is 3.61. The highest BCUT2D eigenvalue weighted by Crippen LogP contribution is 2.30. The minimum atomic E-state index is 0.739. The number of aromatic nitrogens is 1. The fourth-order valence-corrected chi connectivity index (χ4v) is 2.30. The Bertz CT molecular complexity index is 336. The number of thiazole rings is 1. The van der Waals surface area contributed by atoms with E-state index in [1.807, 2.05) is 19.0 Å². The first kappa shape index (κ1) is 14.3. The van der Waals surface area contributed by atoms with E-state index in [9.17, 15) is 0 Å². The molecule has 1 rings (SSSR count). The first-order chi connectivity index (χ1) is 8.04. The summed E-state index contributed by atoms with van der Waals surface area (Å²) in [6, 6.07) is 0. The number of methoxy groups -OCH3 is 1. The topological polar surface area (TPSA) is 37.4 Å². The van der Waals surface area contributed by atoms with Gasteiger partial charge in [0.25, 0.3) is 0 Å². The molecule has 0 radical (unpaired) electrons. The van der Waals surface area contributed by atoms with Crippen LogP contribution in [0.25, 0.3) is 0 Å². The number of anilines is 1. The van der Waals surface area contributed by atoms with Gasteiger partial charge in [0.2, 0.25) is 5.88 Å². The molecule has 0 aliphatic heterocycles. The highest BCUT2D eigenvalue weighted by atomic mass is 32.1. The van der Waals surface area contributed by atoms with Crippen molar-refractivity contribution in [2.45, 2.75) is 26.8 Å². The van der Waals surface area contributed by atoms with Crippen LogP contribution in [0.5, 0.6) is 5.88 Å². The van der Waals surface area contributed by atoms with E-state index in [2.05, 4.69) is 24.1 Å². The van der Waals surface area contributed by atoms with Crippen LogP contribution in [0.3, 0.4) is 0 Å². The van der Waals surface area contributed by atoms with E-state index >= 15 is 0 Å². The van der Waals surface area contributed by atoms with E-state index in [4.69, 9.17) is 4.74 Å². The van der Waals surface area contributed by atoms with Gasteiger partial charge in [-0.3, -0.25) is 0 Å². The van der Waals surface area contributed by atoms with E-state index in [1.54, 1.807) is 18.4 Å². The molecule has 1 N–H and O–H groups in total. The molecule has 0 fully saturated rings. The summed E-state index contributed by atoms with van der Waals surface area (Å²) in [7, 11) is 5.66. The molecule has 98 valence electrons. The van der Waals surface area contributed by atoms with Crippen molar-refractivity contribution < 1.29 is 4.74 Å². The minimum absolute atomic E-state index is 0.739. The Balaban J connectivity index is 2.51. The molecular formula is C12H23N3OS. The van der Waals surface area contributed by atoms with Crippen LogP contribution in [0, 0.1) is 5.92 Å². The van der Waals surface area contributed by atoms with E-state index in [0.29, 0.717) is 0 Å². The van der Waals surface area contributed by atoms with Crippen LogP contribution in [0.4, 0.5) is 5.13 Å². The quantitative estimate of drug-likeness (QED) is 0.761. The van der Waals surface area contributed by atoms with Gasteiger partial charge in [-0.05, 0) is 18.9 Å². The molecule has 17 heavy (non-hydrogen) atoms. The summed E-state index contributed by atoms with van der Waals surface area (Å²) in [5.41, 5.74) is 0. The van der Waals surface area contributed by atoms with Gasteiger partial charge in [-0.2, -0.15) is 4.98 Å². The van der Waals surface area contributed by atoms with E-state index < -0.39 is 0 Å². The maximum atomic E-state index is 5.29. The molecule has 1 heterocycles. The minimum Gasteiger partial charge on any atom is -0.480 e. The Morgan fingerprint density at radius 2 is 2.12 bits per heavy atom. The van der Waals surface area contributed by atoms with E-state index in [0.717, 1.165) is 30.0 Å². The van der Waals surface area contributed by atoms with Crippen molar-refractivity contribution in [3.63, 3.8) is 0 Å². The molecule has 0 amide bonds. The number of nitrogens with zero attached hydrogens (tertiary/aromatic N) is 2. The Morgan fingerprint density at radius 1 is 1.41 bits per heavy atom. The van der Waals surface area contributed by atoms with Crippen LogP contribution in [0.15, 0.2) is 0 Å². The van der Waals surface area contributed by atoms with Gasteiger partial charge in [0.05, 0.1) is 12.0 Å². The molecule has 0 aromatic carbocycles. The van der Waals surface area contributed by atoms with Gasteiger partial charge in [0.1, 0.15) is 0 Å². The average Bonchev–Trinajstić information content (AvgIpc) is 2.67. The lowest BCUT2D eigenvalue weighted by atomic mass is 10.1. The number of hydrogen-bond acceptors (Lipinski definition) is 5. The summed E-state index contributed by atoms with van der Waals surface area (Å²) in [5.74, 6) is 1.49. The highest BCUT2D eigenvalue weighted by molar-refractivity contribution is 7.15. The highest BCUT2D eigenvalue weighted by Gasteiger charge is 2.12. The average molecular weight is 257 g/mol. The summed E-state index contributed by atoms with van der Waals surface area (Å²) in [4.78, 5) is 7.60. The van der Waals surface area contributed by atoms with Crippen LogP contribution < -0.4 is 15.0 Å². The normalized spacial score (nSPS) is 10.9. The Hall–Kier alpha value is -0.810. The van der Waals surface area contributed by atoms with Crippen molar-refractivity contribution >= 4 is 16.5 Å². The zero-order chi connectivity index (χ0) is 12.8. The van der Waals surface area contributed by atoms with E-state index in [-0.39, 0.29) is 0 Å². The zero-order valence-corrected chi connectivity index (χ0v) is 12.2. The Labute approximate surface area is 108 Å². The second kappa shape index (κ2) is 6.81. The monoisotopic (exact) mass is 257 g/mol. The van der Waals surface area contributed by atoms with Crippen molar-refractivity contribution in [2.75, 3.05) is 32.6 Å². The number of ether oxygens (including phenoxy) is 1. The van der Waals surface area contributed by atoms with Crippen molar-refractivity contribution in [3.05, 3.63) is 4.88 Å². The van der Waals surface area contributed by atoms with Crippen LogP contribution in [0.2, 0.25) is 0 Å². The molecule has 4 nitrogen and oxygen atoms in total. The van der Waals surface area contributed by atoms with Gasteiger partial charge in [-0.25, -0.2) is 0 Å². The summed E-state index contributed by atoms with van der Waals surface area (Å²) in [5, 5.41) is 4.42. The van der Waals surface area contributed by atoms with E-state index in [1.165, 1.54) is 11.3 Å². The third-order valence-electron chi connectivity index (χ3n) is 2.41. The lowest BCUT2D eigenvalue weighted by Crippen LogP contribution is -2.15. The smallest absolute Gasteiger partial charge is 0.230 e. The van der Waals surface area contributed by atoms with Gasteiger partial charge in [0.15, 0.2) is 5.13 Å². The molecule has 0 saturated heterocycles. The molecular weight excluding hydrogens is 234 g/mol. The molecule has 0 spiro atoms. The van der Waals surface area contributed by atoms with Gasteiger partial charge in [0, 0.05) is 20.6 Å². The fraction of sp³-hybridized carbons (Fsp3) is 0.750. The van der Waals surface area contributed by atoms with Crippen molar-refractivity contribution in [1.29, 1.82) is 0 Å². The van der Waals surface area contributed by atoms with Crippen molar-refractivity contribution in [1.82, 2.24) is 10.3 Å². The van der Waals surface area contributed by atoms with Gasteiger partial charge in [-0.15, -0.1) is 0 Å². The molecule has 0 saturated carbocycles. The molecule has 0 bridgehead atoms. The standard InChI is InChI=1S/C12H23N3OS/c1-9(2)6-7-13-8-10-11(16-5)14-12(17-10)15(3)4/h9,13H,6-8H2,1-5H3. The van der Waals surface area contributed by atoms with Gasteiger partial charge < -0.3 is 15.0 Å². The number of nitrogens with one attached hydrogen (secondary N) is 1. The number of hydrogen-bond donors (Lipinski definition) is 1. The lowest BCUT2D eigenvalue weighted by molar-refractivity contribution is 0.394. The van der Waals surface area contributed by atoms with Crippen molar-refractivity contribution in [3.8, 4) is 5.88 Å². The summed E-state index contributed by atoms with van der Waals surface area (Å²) in [6.07, 6.45) is 1.20. The Kier molecular flexibility index (Phi) is 5.71. The maximum Gasteiger partial charge on any atom is 0.230 e. The molecule has 0 unspecified atom stereocenters. The van der Waals surface area contributed by atoms with Gasteiger partial charge >= 0.3 is 0 Å². The summed E-state index contributed by atoms with van der Waals surface area (Å²) >= 11 is 1.68. The molecule has 1 aromatic heterocycles. The predicted molar refractivity (Wildman–Crippen MR) is 74.2 cm³/mol. The second-order valence-electron chi connectivity index (χ2n) is 4.68. The second-order valence-corrected chi connectivity index (χ2v) is 5.74. The fourth-order valence-electron chi connectivity index (χ4n) is 1.38. The Morgan fingerprint density at radius 3 is 2.65 bits per heavy atom. The zero-order valence-electron chi connectivity index (χ0n) is 11.4. The molecule has 0 aliphatic rings. The van der Waals surface area contributed by atoms with Crippen LogP contribution >= 0.6 is 11.3 Å². The molecule has 5 heteroatoms. The van der Waals surface area contributed by atoms with Crippen LogP contribution in [-0.2, 0) is 6.54 Å². The largest absolute Gasteiger partial charge is 0.480 e.